The molecule has 108 valence electrons. The lowest BCUT2D eigenvalue weighted by atomic mass is 10.0. The minimum atomic E-state index is -3.22. The van der Waals surface area contributed by atoms with Gasteiger partial charge in [-0.05, 0) is 36.8 Å². The van der Waals surface area contributed by atoms with E-state index in [4.69, 9.17) is 0 Å². The highest BCUT2D eigenvalue weighted by atomic mass is 32.2. The number of fused-ring (bicyclic) bond motifs is 1. The molecule has 20 heavy (non-hydrogen) atoms. The molecular formula is C15H19NO3S. The number of aryl methyl sites for hydroxylation is 1. The summed E-state index contributed by atoms with van der Waals surface area (Å²) in [6.07, 6.45) is 3.29. The zero-order chi connectivity index (χ0) is 14.2. The molecule has 1 amide bonds. The van der Waals surface area contributed by atoms with E-state index in [9.17, 15) is 13.2 Å². The third-order valence-electron chi connectivity index (χ3n) is 4.06. The summed E-state index contributed by atoms with van der Waals surface area (Å²) < 4.78 is 23.9. The van der Waals surface area contributed by atoms with Gasteiger partial charge in [-0.2, -0.15) is 0 Å². The van der Waals surface area contributed by atoms with Gasteiger partial charge in [0, 0.05) is 13.1 Å². The maximum atomic E-state index is 12.3. The summed E-state index contributed by atoms with van der Waals surface area (Å²) in [6.45, 7) is 1.18. The van der Waals surface area contributed by atoms with E-state index in [0.717, 1.165) is 31.2 Å². The van der Waals surface area contributed by atoms with Gasteiger partial charge in [-0.15, -0.1) is 0 Å². The molecule has 1 aliphatic carbocycles. The summed E-state index contributed by atoms with van der Waals surface area (Å²) in [4.78, 5) is 14.0. The fourth-order valence-corrected chi connectivity index (χ4v) is 4.34. The summed E-state index contributed by atoms with van der Waals surface area (Å²) in [5.41, 5.74) is 2.41. The molecule has 4 nitrogen and oxygen atoms in total. The van der Waals surface area contributed by atoms with Gasteiger partial charge in [0.05, 0.1) is 5.25 Å². The molecule has 0 spiro atoms. The van der Waals surface area contributed by atoms with Crippen molar-refractivity contribution < 1.29 is 13.2 Å². The molecular weight excluding hydrogens is 274 g/mol. The van der Waals surface area contributed by atoms with Crippen LogP contribution in [-0.2, 0) is 27.6 Å². The molecule has 2 aliphatic rings. The van der Waals surface area contributed by atoms with Crippen molar-refractivity contribution in [3.8, 4) is 0 Å². The van der Waals surface area contributed by atoms with E-state index >= 15 is 0 Å². The number of hydrogen-bond donors (Lipinski definition) is 0. The van der Waals surface area contributed by atoms with E-state index in [0.29, 0.717) is 13.1 Å². The van der Waals surface area contributed by atoms with Crippen LogP contribution in [0.5, 0.6) is 0 Å². The Morgan fingerprint density at radius 1 is 1.20 bits per heavy atom. The van der Waals surface area contributed by atoms with Crippen molar-refractivity contribution in [1.29, 1.82) is 0 Å². The Labute approximate surface area is 119 Å². The molecule has 0 atom stereocenters. The SMILES string of the molecule is O=C(CS(=O)(=O)C1CC1)N1CCCc2ccccc2C1. The monoisotopic (exact) mass is 293 g/mol. The number of benzene rings is 1. The molecule has 0 saturated heterocycles. The Bertz CT molecular complexity index is 620. The molecule has 5 heteroatoms. The first kappa shape index (κ1) is 13.6. The van der Waals surface area contributed by atoms with Crippen molar-refractivity contribution >= 4 is 15.7 Å². The van der Waals surface area contributed by atoms with Crippen LogP contribution in [0, 0.1) is 0 Å². The fourth-order valence-electron chi connectivity index (χ4n) is 2.72. The number of carbonyl (C=O) groups excluding carboxylic acids is 1. The van der Waals surface area contributed by atoms with Gasteiger partial charge >= 0.3 is 0 Å². The van der Waals surface area contributed by atoms with Crippen LogP contribution in [0.25, 0.3) is 0 Å². The standard InChI is InChI=1S/C15H19NO3S/c17-15(11-20(18,19)14-7-8-14)16-9-3-6-12-4-1-2-5-13(12)10-16/h1-2,4-5,14H,3,6-11H2. The van der Waals surface area contributed by atoms with Gasteiger partial charge in [0.1, 0.15) is 5.75 Å². The maximum Gasteiger partial charge on any atom is 0.238 e. The first-order chi connectivity index (χ1) is 9.56. The Kier molecular flexibility index (Phi) is 3.54. The van der Waals surface area contributed by atoms with E-state index in [1.807, 2.05) is 18.2 Å². The summed E-state index contributed by atoms with van der Waals surface area (Å²) >= 11 is 0. The molecule has 1 aliphatic heterocycles. The second-order valence-electron chi connectivity index (χ2n) is 5.69. The average molecular weight is 293 g/mol. The zero-order valence-corrected chi connectivity index (χ0v) is 12.2. The third-order valence-corrected chi connectivity index (χ3v) is 6.20. The predicted molar refractivity (Wildman–Crippen MR) is 77.0 cm³/mol. The van der Waals surface area contributed by atoms with Crippen LogP contribution in [0.2, 0.25) is 0 Å². The first-order valence-electron chi connectivity index (χ1n) is 7.12. The molecule has 1 heterocycles. The highest BCUT2D eigenvalue weighted by Crippen LogP contribution is 2.29. The molecule has 1 fully saturated rings. The molecule has 1 aromatic carbocycles. The second kappa shape index (κ2) is 5.20. The van der Waals surface area contributed by atoms with E-state index in [-0.39, 0.29) is 16.9 Å². The van der Waals surface area contributed by atoms with Crippen LogP contribution < -0.4 is 0 Å². The largest absolute Gasteiger partial charge is 0.337 e. The van der Waals surface area contributed by atoms with Crippen molar-refractivity contribution in [1.82, 2.24) is 4.90 Å². The quantitative estimate of drug-likeness (QED) is 0.849. The molecule has 1 saturated carbocycles. The normalized spacial score (nSPS) is 19.3. The molecule has 0 aromatic heterocycles. The van der Waals surface area contributed by atoms with Gasteiger partial charge in [-0.25, -0.2) is 8.42 Å². The first-order valence-corrected chi connectivity index (χ1v) is 8.84. The molecule has 0 N–H and O–H groups in total. The maximum absolute atomic E-state index is 12.3. The van der Waals surface area contributed by atoms with Gasteiger partial charge < -0.3 is 4.90 Å². The lowest BCUT2D eigenvalue weighted by Gasteiger charge is -2.21. The number of sulfone groups is 1. The van der Waals surface area contributed by atoms with Gasteiger partial charge in [0.25, 0.3) is 0 Å². The zero-order valence-electron chi connectivity index (χ0n) is 11.4. The van der Waals surface area contributed by atoms with Crippen molar-refractivity contribution in [2.75, 3.05) is 12.3 Å². The minimum Gasteiger partial charge on any atom is -0.337 e. The van der Waals surface area contributed by atoms with Crippen LogP contribution >= 0.6 is 0 Å². The van der Waals surface area contributed by atoms with Crippen LogP contribution in [0.4, 0.5) is 0 Å². The number of amides is 1. The Hall–Kier alpha value is -1.36. The minimum absolute atomic E-state index is 0.242. The van der Waals surface area contributed by atoms with Crippen LogP contribution in [0.3, 0.4) is 0 Å². The van der Waals surface area contributed by atoms with E-state index < -0.39 is 9.84 Å². The smallest absolute Gasteiger partial charge is 0.238 e. The summed E-state index contributed by atoms with van der Waals surface area (Å²) in [5.74, 6) is -0.562. The van der Waals surface area contributed by atoms with Crippen LogP contribution in [-0.4, -0.2) is 36.8 Å². The van der Waals surface area contributed by atoms with E-state index in [2.05, 4.69) is 6.07 Å². The number of rotatable bonds is 3. The van der Waals surface area contributed by atoms with Crippen LogP contribution in [0.15, 0.2) is 24.3 Å². The molecule has 0 unspecified atom stereocenters. The Morgan fingerprint density at radius 2 is 1.90 bits per heavy atom. The molecule has 3 rings (SSSR count). The summed E-state index contributed by atoms with van der Waals surface area (Å²) in [6, 6.07) is 8.09. The van der Waals surface area contributed by atoms with Gasteiger partial charge in [-0.1, -0.05) is 24.3 Å². The number of hydrogen-bond acceptors (Lipinski definition) is 3. The average Bonchev–Trinajstić information content (AvgIpc) is 3.24. The Balaban J connectivity index is 1.72. The predicted octanol–water partition coefficient (Wildman–Crippen LogP) is 1.54. The fraction of sp³-hybridized carbons (Fsp3) is 0.533. The lowest BCUT2D eigenvalue weighted by Crippen LogP contribution is -2.36. The third kappa shape index (κ3) is 2.87. The topological polar surface area (TPSA) is 54.5 Å². The van der Waals surface area contributed by atoms with Crippen molar-refractivity contribution in [3.05, 3.63) is 35.4 Å². The molecule has 0 bridgehead atoms. The van der Waals surface area contributed by atoms with Gasteiger partial charge in [-0.3, -0.25) is 4.79 Å². The summed E-state index contributed by atoms with van der Waals surface area (Å²) in [7, 11) is -3.22. The highest BCUT2D eigenvalue weighted by molar-refractivity contribution is 7.93. The van der Waals surface area contributed by atoms with Gasteiger partial charge in [0.2, 0.25) is 5.91 Å². The highest BCUT2D eigenvalue weighted by Gasteiger charge is 2.38. The van der Waals surface area contributed by atoms with Crippen molar-refractivity contribution in [3.63, 3.8) is 0 Å². The number of carbonyl (C=O) groups is 1. The van der Waals surface area contributed by atoms with Gasteiger partial charge in [0.15, 0.2) is 9.84 Å². The van der Waals surface area contributed by atoms with E-state index in [1.54, 1.807) is 4.90 Å². The molecule has 1 aromatic rings. The second-order valence-corrected chi connectivity index (χ2v) is 7.98. The Morgan fingerprint density at radius 3 is 2.60 bits per heavy atom. The van der Waals surface area contributed by atoms with Crippen molar-refractivity contribution in [2.24, 2.45) is 0 Å². The number of nitrogens with zero attached hydrogens (tertiary/aromatic N) is 1. The lowest BCUT2D eigenvalue weighted by molar-refractivity contribution is -0.129. The van der Waals surface area contributed by atoms with Crippen LogP contribution in [0.1, 0.15) is 30.4 Å². The molecule has 0 radical (unpaired) electrons. The van der Waals surface area contributed by atoms with E-state index in [1.165, 1.54) is 5.56 Å². The summed E-state index contributed by atoms with van der Waals surface area (Å²) in [5, 5.41) is -0.259. The van der Waals surface area contributed by atoms with Crippen molar-refractivity contribution in [2.45, 2.75) is 37.5 Å².